The van der Waals surface area contributed by atoms with Gasteiger partial charge in [0.1, 0.15) is 11.3 Å². The maximum Gasteiger partial charge on any atom is 0.354 e. The molecule has 1 heterocycles. The number of H-pyrrole nitrogens is 1. The molecule has 0 aliphatic heterocycles. The van der Waals surface area contributed by atoms with Crippen molar-refractivity contribution in [2.24, 2.45) is 0 Å². The molecule has 0 saturated heterocycles. The van der Waals surface area contributed by atoms with Crippen molar-refractivity contribution in [3.8, 4) is 0 Å². The molecule has 0 amide bonds. The highest BCUT2D eigenvalue weighted by atomic mass is 16.6. The summed E-state index contributed by atoms with van der Waals surface area (Å²) in [7, 11) is 0. The number of carbonyl (C=O) groups is 2. The summed E-state index contributed by atoms with van der Waals surface area (Å²) in [5.41, 5.74) is 1.59. The van der Waals surface area contributed by atoms with Crippen molar-refractivity contribution in [3.63, 3.8) is 0 Å². The first-order valence-corrected chi connectivity index (χ1v) is 7.29. The zero-order chi connectivity index (χ0) is 16.3. The molecule has 0 saturated carbocycles. The number of hydrogen-bond donors (Lipinski definition) is 1. The lowest BCUT2D eigenvalue weighted by molar-refractivity contribution is -0.153. The molecule has 0 aliphatic carbocycles. The first kappa shape index (κ1) is 16.1. The Hall–Kier alpha value is -2.30. The summed E-state index contributed by atoms with van der Waals surface area (Å²) in [5.74, 6) is -0.652. The molecule has 0 spiro atoms. The van der Waals surface area contributed by atoms with Crippen LogP contribution in [0.15, 0.2) is 24.3 Å². The predicted octanol–water partition coefficient (Wildman–Crippen LogP) is 3.23. The minimum atomic E-state index is -0.494. The molecular weight excluding hydrogens is 282 g/mol. The van der Waals surface area contributed by atoms with E-state index in [1.54, 1.807) is 13.0 Å². The maximum absolute atomic E-state index is 11.9. The molecule has 118 valence electrons. The van der Waals surface area contributed by atoms with Gasteiger partial charge in [0.25, 0.3) is 0 Å². The Labute approximate surface area is 129 Å². The van der Waals surface area contributed by atoms with E-state index in [4.69, 9.17) is 9.47 Å². The van der Waals surface area contributed by atoms with Gasteiger partial charge in [-0.2, -0.15) is 0 Å². The van der Waals surface area contributed by atoms with Crippen LogP contribution in [0, 0.1) is 0 Å². The normalized spacial score (nSPS) is 11.5. The zero-order valence-electron chi connectivity index (χ0n) is 13.4. The lowest BCUT2D eigenvalue weighted by Crippen LogP contribution is -2.24. The molecule has 0 atom stereocenters. The quantitative estimate of drug-likeness (QED) is 0.880. The van der Waals surface area contributed by atoms with Crippen LogP contribution in [0.3, 0.4) is 0 Å². The van der Waals surface area contributed by atoms with Crippen LogP contribution in [0.4, 0.5) is 0 Å². The highest BCUT2D eigenvalue weighted by Gasteiger charge is 2.17. The van der Waals surface area contributed by atoms with Crippen molar-refractivity contribution in [3.05, 3.63) is 35.5 Å². The summed E-state index contributed by atoms with van der Waals surface area (Å²) >= 11 is 0. The molecule has 0 bridgehead atoms. The Kier molecular flexibility index (Phi) is 4.54. The molecule has 0 unspecified atom stereocenters. The van der Waals surface area contributed by atoms with Gasteiger partial charge in [0.05, 0.1) is 13.0 Å². The van der Waals surface area contributed by atoms with E-state index >= 15 is 0 Å². The summed E-state index contributed by atoms with van der Waals surface area (Å²) < 4.78 is 10.3. The standard InChI is InChI=1S/C17H21NO4/c1-5-21-16(20)14-10-12-8-11(6-7-13(12)18-14)9-15(19)22-17(2,3)4/h6-8,10,18H,5,9H2,1-4H3. The van der Waals surface area contributed by atoms with E-state index in [0.717, 1.165) is 16.5 Å². The fourth-order valence-electron chi connectivity index (χ4n) is 2.16. The van der Waals surface area contributed by atoms with Crippen LogP contribution < -0.4 is 0 Å². The average molecular weight is 303 g/mol. The average Bonchev–Trinajstić information content (AvgIpc) is 2.79. The van der Waals surface area contributed by atoms with Crippen molar-refractivity contribution in [1.29, 1.82) is 0 Å². The number of nitrogens with one attached hydrogen (secondary N) is 1. The van der Waals surface area contributed by atoms with E-state index in [9.17, 15) is 9.59 Å². The van der Waals surface area contributed by atoms with Gasteiger partial charge in [-0.1, -0.05) is 6.07 Å². The Morgan fingerprint density at radius 3 is 2.55 bits per heavy atom. The van der Waals surface area contributed by atoms with Crippen molar-refractivity contribution in [1.82, 2.24) is 4.98 Å². The third-order valence-electron chi connectivity index (χ3n) is 2.95. The van der Waals surface area contributed by atoms with Gasteiger partial charge < -0.3 is 14.5 Å². The van der Waals surface area contributed by atoms with Crippen molar-refractivity contribution in [2.45, 2.75) is 39.7 Å². The van der Waals surface area contributed by atoms with Gasteiger partial charge in [-0.25, -0.2) is 4.79 Å². The Morgan fingerprint density at radius 2 is 1.91 bits per heavy atom. The molecule has 2 rings (SSSR count). The fourth-order valence-corrected chi connectivity index (χ4v) is 2.16. The summed E-state index contributed by atoms with van der Waals surface area (Å²) in [6.45, 7) is 7.61. The summed E-state index contributed by atoms with van der Waals surface area (Å²) in [4.78, 5) is 26.6. The summed E-state index contributed by atoms with van der Waals surface area (Å²) in [6.07, 6.45) is 0.202. The van der Waals surface area contributed by atoms with E-state index in [0.29, 0.717) is 12.3 Å². The van der Waals surface area contributed by atoms with E-state index in [-0.39, 0.29) is 18.4 Å². The van der Waals surface area contributed by atoms with Crippen molar-refractivity contribution < 1.29 is 19.1 Å². The number of benzene rings is 1. The third kappa shape index (κ3) is 4.10. The Morgan fingerprint density at radius 1 is 1.18 bits per heavy atom. The molecule has 0 radical (unpaired) electrons. The second-order valence-corrected chi connectivity index (χ2v) is 6.09. The highest BCUT2D eigenvalue weighted by molar-refractivity contribution is 5.95. The van der Waals surface area contributed by atoms with E-state index in [2.05, 4.69) is 4.98 Å². The van der Waals surface area contributed by atoms with Crippen LogP contribution in [0.2, 0.25) is 0 Å². The zero-order valence-corrected chi connectivity index (χ0v) is 13.4. The highest BCUT2D eigenvalue weighted by Crippen LogP contribution is 2.19. The Bertz CT molecular complexity index is 694. The van der Waals surface area contributed by atoms with Gasteiger partial charge in [0.2, 0.25) is 0 Å². The number of fused-ring (bicyclic) bond motifs is 1. The number of ether oxygens (including phenoxy) is 2. The van der Waals surface area contributed by atoms with Gasteiger partial charge >= 0.3 is 11.9 Å². The number of rotatable bonds is 4. The number of aromatic nitrogens is 1. The monoisotopic (exact) mass is 303 g/mol. The second kappa shape index (κ2) is 6.22. The molecule has 5 heteroatoms. The van der Waals surface area contributed by atoms with E-state index in [1.165, 1.54) is 0 Å². The van der Waals surface area contributed by atoms with Crippen LogP contribution in [0.5, 0.6) is 0 Å². The molecule has 1 aromatic heterocycles. The fraction of sp³-hybridized carbons (Fsp3) is 0.412. The van der Waals surface area contributed by atoms with Gasteiger partial charge in [-0.3, -0.25) is 4.79 Å². The minimum Gasteiger partial charge on any atom is -0.461 e. The first-order chi connectivity index (χ1) is 10.3. The lowest BCUT2D eigenvalue weighted by atomic mass is 10.1. The Balaban J connectivity index is 2.16. The number of carbonyl (C=O) groups excluding carboxylic acids is 2. The topological polar surface area (TPSA) is 68.4 Å². The molecule has 2 aromatic rings. The van der Waals surface area contributed by atoms with Crippen LogP contribution in [-0.4, -0.2) is 29.1 Å². The summed E-state index contributed by atoms with van der Waals surface area (Å²) in [6, 6.07) is 7.29. The SMILES string of the molecule is CCOC(=O)c1cc2cc(CC(=O)OC(C)(C)C)ccc2[nH]1. The smallest absolute Gasteiger partial charge is 0.354 e. The molecule has 1 N–H and O–H groups in total. The van der Waals surface area contributed by atoms with Crippen molar-refractivity contribution in [2.75, 3.05) is 6.61 Å². The van der Waals surface area contributed by atoms with Gasteiger partial charge in [0, 0.05) is 10.9 Å². The lowest BCUT2D eigenvalue weighted by Gasteiger charge is -2.19. The van der Waals surface area contributed by atoms with E-state index in [1.807, 2.05) is 39.0 Å². The number of aromatic amines is 1. The van der Waals surface area contributed by atoms with Crippen LogP contribution in [0.1, 0.15) is 43.7 Å². The molecule has 0 aliphatic rings. The summed E-state index contributed by atoms with van der Waals surface area (Å²) in [5, 5.41) is 0.865. The van der Waals surface area contributed by atoms with Gasteiger partial charge in [-0.05, 0) is 51.5 Å². The molecule has 0 fully saturated rings. The van der Waals surface area contributed by atoms with E-state index < -0.39 is 5.60 Å². The predicted molar refractivity (Wildman–Crippen MR) is 83.8 cm³/mol. The van der Waals surface area contributed by atoms with Crippen LogP contribution >= 0.6 is 0 Å². The van der Waals surface area contributed by atoms with Gasteiger partial charge in [0.15, 0.2) is 0 Å². The molecule has 1 aromatic carbocycles. The minimum absolute atomic E-state index is 0.202. The number of esters is 2. The molecule has 22 heavy (non-hydrogen) atoms. The largest absolute Gasteiger partial charge is 0.461 e. The third-order valence-corrected chi connectivity index (χ3v) is 2.95. The second-order valence-electron chi connectivity index (χ2n) is 6.09. The van der Waals surface area contributed by atoms with Crippen LogP contribution in [-0.2, 0) is 20.7 Å². The van der Waals surface area contributed by atoms with Gasteiger partial charge in [-0.15, -0.1) is 0 Å². The molecule has 5 nitrogen and oxygen atoms in total. The number of hydrogen-bond acceptors (Lipinski definition) is 4. The van der Waals surface area contributed by atoms with Crippen molar-refractivity contribution >= 4 is 22.8 Å². The van der Waals surface area contributed by atoms with Crippen LogP contribution in [0.25, 0.3) is 10.9 Å². The maximum atomic E-state index is 11.9. The molecular formula is C17H21NO4. The first-order valence-electron chi connectivity index (χ1n) is 7.29.